The highest BCUT2D eigenvalue weighted by atomic mass is 16.5. The summed E-state index contributed by atoms with van der Waals surface area (Å²) in [6, 6.07) is 8.22. The number of hydrogen-bond acceptors (Lipinski definition) is 2. The minimum Gasteiger partial charge on any atom is -0.379 e. The molecule has 0 spiro atoms. The van der Waals surface area contributed by atoms with E-state index in [0.29, 0.717) is 19.1 Å². The number of guanidine groups is 1. The Kier molecular flexibility index (Phi) is 5.21. The van der Waals surface area contributed by atoms with Gasteiger partial charge in [0.15, 0.2) is 5.96 Å². The predicted molar refractivity (Wildman–Crippen MR) is 79.5 cm³/mol. The third kappa shape index (κ3) is 5.30. The van der Waals surface area contributed by atoms with Gasteiger partial charge in [-0.15, -0.1) is 0 Å². The third-order valence-corrected chi connectivity index (χ3v) is 3.20. The molecule has 4 heteroatoms. The lowest BCUT2D eigenvalue weighted by Gasteiger charge is -2.06. The van der Waals surface area contributed by atoms with E-state index < -0.39 is 0 Å². The molecule has 1 aromatic rings. The largest absolute Gasteiger partial charge is 0.379 e. The van der Waals surface area contributed by atoms with Gasteiger partial charge in [-0.25, -0.2) is 0 Å². The number of rotatable bonds is 7. The smallest absolute Gasteiger partial charge is 0.193 e. The molecule has 0 aromatic heterocycles. The monoisotopic (exact) mass is 261 g/mol. The normalized spacial score (nSPS) is 15.5. The van der Waals surface area contributed by atoms with Gasteiger partial charge in [0.05, 0.1) is 13.2 Å². The summed E-state index contributed by atoms with van der Waals surface area (Å²) in [6.07, 6.45) is 3.68. The van der Waals surface area contributed by atoms with Crippen molar-refractivity contribution in [1.82, 2.24) is 0 Å². The van der Waals surface area contributed by atoms with Crippen LogP contribution in [0.25, 0.3) is 0 Å². The molecule has 0 radical (unpaired) electrons. The van der Waals surface area contributed by atoms with Gasteiger partial charge in [0, 0.05) is 12.3 Å². The molecule has 0 aliphatic heterocycles. The van der Waals surface area contributed by atoms with Crippen LogP contribution in [0.2, 0.25) is 0 Å². The van der Waals surface area contributed by atoms with Crippen molar-refractivity contribution in [2.75, 3.05) is 25.1 Å². The minimum absolute atomic E-state index is 0.444. The summed E-state index contributed by atoms with van der Waals surface area (Å²) in [5.74, 6) is 1.25. The molecule has 1 saturated carbocycles. The Morgan fingerprint density at radius 3 is 2.74 bits per heavy atom. The molecule has 1 aromatic carbocycles. The molecule has 0 heterocycles. The van der Waals surface area contributed by atoms with Crippen LogP contribution in [0.3, 0.4) is 0 Å². The van der Waals surface area contributed by atoms with Crippen LogP contribution in [0.5, 0.6) is 0 Å². The van der Waals surface area contributed by atoms with Crippen LogP contribution < -0.4 is 11.1 Å². The fraction of sp³-hybridized carbons (Fsp3) is 0.533. The van der Waals surface area contributed by atoms with Gasteiger partial charge in [0.1, 0.15) is 0 Å². The van der Waals surface area contributed by atoms with Crippen LogP contribution in [0, 0.1) is 5.92 Å². The van der Waals surface area contributed by atoms with Crippen LogP contribution in [0.1, 0.15) is 25.3 Å². The molecule has 0 atom stereocenters. The molecule has 19 heavy (non-hydrogen) atoms. The van der Waals surface area contributed by atoms with E-state index in [2.05, 4.69) is 29.4 Å². The van der Waals surface area contributed by atoms with Crippen LogP contribution >= 0.6 is 0 Å². The summed E-state index contributed by atoms with van der Waals surface area (Å²) in [7, 11) is 0. The van der Waals surface area contributed by atoms with Crippen molar-refractivity contribution in [2.45, 2.75) is 26.2 Å². The number of hydrogen-bond donors (Lipinski definition) is 2. The van der Waals surface area contributed by atoms with Crippen molar-refractivity contribution >= 4 is 11.6 Å². The minimum atomic E-state index is 0.444. The number of ether oxygens (including phenoxy) is 1. The standard InChI is InChI=1S/C15H23N3O/c1-2-12-5-7-14(8-6-12)18-15(16)17-9-10-19-11-13-3-4-13/h5-8,13H,2-4,9-11H2,1H3,(H3,16,17,18). The lowest BCUT2D eigenvalue weighted by molar-refractivity contribution is 0.132. The first-order chi connectivity index (χ1) is 9.28. The quantitative estimate of drug-likeness (QED) is 0.450. The summed E-state index contributed by atoms with van der Waals surface area (Å²) in [5.41, 5.74) is 8.10. The molecule has 0 amide bonds. The number of nitrogens with two attached hydrogens (primary N) is 1. The van der Waals surface area contributed by atoms with Crippen LogP contribution in [-0.4, -0.2) is 25.7 Å². The van der Waals surface area contributed by atoms with Crippen LogP contribution in [0.4, 0.5) is 5.69 Å². The van der Waals surface area contributed by atoms with Gasteiger partial charge < -0.3 is 15.8 Å². The highest BCUT2D eigenvalue weighted by molar-refractivity contribution is 5.92. The van der Waals surface area contributed by atoms with E-state index in [1.807, 2.05) is 12.1 Å². The number of nitrogens with one attached hydrogen (secondary N) is 1. The van der Waals surface area contributed by atoms with Crippen molar-refractivity contribution in [1.29, 1.82) is 0 Å². The second-order valence-electron chi connectivity index (χ2n) is 4.96. The van der Waals surface area contributed by atoms with Crippen molar-refractivity contribution in [3.63, 3.8) is 0 Å². The average Bonchev–Trinajstić information content (AvgIpc) is 3.23. The van der Waals surface area contributed by atoms with Crippen molar-refractivity contribution < 1.29 is 4.74 Å². The number of aliphatic imine (C=N–C) groups is 1. The van der Waals surface area contributed by atoms with Gasteiger partial charge >= 0.3 is 0 Å². The summed E-state index contributed by atoms with van der Waals surface area (Å²) < 4.78 is 5.50. The summed E-state index contributed by atoms with van der Waals surface area (Å²) >= 11 is 0. The number of nitrogens with zero attached hydrogens (tertiary/aromatic N) is 1. The Bertz CT molecular complexity index is 410. The maximum absolute atomic E-state index is 5.81. The number of benzene rings is 1. The van der Waals surface area contributed by atoms with Gasteiger partial charge in [-0.3, -0.25) is 4.99 Å². The molecule has 3 N–H and O–H groups in total. The van der Waals surface area contributed by atoms with E-state index in [0.717, 1.165) is 24.6 Å². The first-order valence-corrected chi connectivity index (χ1v) is 7.01. The average molecular weight is 261 g/mol. The molecule has 0 bridgehead atoms. The molecular weight excluding hydrogens is 238 g/mol. The first kappa shape index (κ1) is 13.9. The highest BCUT2D eigenvalue weighted by Gasteiger charge is 2.20. The van der Waals surface area contributed by atoms with E-state index in [4.69, 9.17) is 10.5 Å². The Balaban J connectivity index is 1.67. The van der Waals surface area contributed by atoms with E-state index in [1.165, 1.54) is 18.4 Å². The Labute approximate surface area is 115 Å². The second kappa shape index (κ2) is 7.14. The summed E-state index contributed by atoms with van der Waals surface area (Å²) in [5, 5.41) is 3.08. The van der Waals surface area contributed by atoms with E-state index in [-0.39, 0.29) is 0 Å². The van der Waals surface area contributed by atoms with Gasteiger partial charge in [-0.2, -0.15) is 0 Å². The zero-order valence-corrected chi connectivity index (χ0v) is 11.6. The number of aryl methyl sites for hydroxylation is 1. The molecule has 0 unspecified atom stereocenters. The third-order valence-electron chi connectivity index (χ3n) is 3.20. The van der Waals surface area contributed by atoms with Gasteiger partial charge in [-0.05, 0) is 42.9 Å². The molecular formula is C15H23N3O. The molecule has 104 valence electrons. The lowest BCUT2D eigenvalue weighted by Crippen LogP contribution is -2.23. The maximum atomic E-state index is 5.81. The molecule has 1 aliphatic carbocycles. The van der Waals surface area contributed by atoms with Crippen molar-refractivity contribution in [3.8, 4) is 0 Å². The van der Waals surface area contributed by atoms with Gasteiger partial charge in [-0.1, -0.05) is 19.1 Å². The number of anilines is 1. The predicted octanol–water partition coefficient (Wildman–Crippen LogP) is 2.40. The van der Waals surface area contributed by atoms with Crippen molar-refractivity contribution in [2.24, 2.45) is 16.6 Å². The highest BCUT2D eigenvalue weighted by Crippen LogP contribution is 2.28. The van der Waals surface area contributed by atoms with E-state index >= 15 is 0 Å². The van der Waals surface area contributed by atoms with Crippen LogP contribution in [0.15, 0.2) is 29.3 Å². The topological polar surface area (TPSA) is 59.6 Å². The van der Waals surface area contributed by atoms with E-state index in [1.54, 1.807) is 0 Å². The van der Waals surface area contributed by atoms with E-state index in [9.17, 15) is 0 Å². The molecule has 2 rings (SSSR count). The SMILES string of the molecule is CCc1ccc(NC(N)=NCCOCC2CC2)cc1. The summed E-state index contributed by atoms with van der Waals surface area (Å²) in [6.45, 7) is 4.27. The summed E-state index contributed by atoms with van der Waals surface area (Å²) in [4.78, 5) is 4.24. The first-order valence-electron chi connectivity index (χ1n) is 7.01. The molecule has 1 aliphatic rings. The maximum Gasteiger partial charge on any atom is 0.193 e. The molecule has 0 saturated heterocycles. The fourth-order valence-corrected chi connectivity index (χ4v) is 1.78. The van der Waals surface area contributed by atoms with Gasteiger partial charge in [0.25, 0.3) is 0 Å². The Hall–Kier alpha value is -1.55. The fourth-order valence-electron chi connectivity index (χ4n) is 1.78. The lowest BCUT2D eigenvalue weighted by atomic mass is 10.1. The second-order valence-corrected chi connectivity index (χ2v) is 4.96. The zero-order chi connectivity index (χ0) is 13.5. The zero-order valence-electron chi connectivity index (χ0n) is 11.6. The molecule has 4 nitrogen and oxygen atoms in total. The van der Waals surface area contributed by atoms with Gasteiger partial charge in [0.2, 0.25) is 0 Å². The van der Waals surface area contributed by atoms with Crippen molar-refractivity contribution in [3.05, 3.63) is 29.8 Å². The Morgan fingerprint density at radius 1 is 1.37 bits per heavy atom. The Morgan fingerprint density at radius 2 is 2.11 bits per heavy atom. The van der Waals surface area contributed by atoms with Crippen LogP contribution in [-0.2, 0) is 11.2 Å². The molecule has 1 fully saturated rings.